The molecule has 130 valence electrons. The third-order valence-electron chi connectivity index (χ3n) is 5.08. The number of hydrogen-bond acceptors (Lipinski definition) is 1. The Hall–Kier alpha value is -2.28. The molecule has 1 atom stereocenters. The minimum absolute atomic E-state index is 0.297. The van der Waals surface area contributed by atoms with Crippen LogP contribution in [0.5, 0.6) is 0 Å². The van der Waals surface area contributed by atoms with Gasteiger partial charge in [0.1, 0.15) is 0 Å². The fourth-order valence-electron chi connectivity index (χ4n) is 3.42. The van der Waals surface area contributed by atoms with Crippen molar-refractivity contribution in [3.8, 4) is 0 Å². The molecule has 1 nitrogen and oxygen atoms in total. The van der Waals surface area contributed by atoms with Gasteiger partial charge in [-0.05, 0) is 63.1 Å². The Bertz CT molecular complexity index is 774. The first-order valence-electron chi connectivity index (χ1n) is 9.29. The van der Waals surface area contributed by atoms with E-state index in [1.807, 2.05) is 0 Å². The summed E-state index contributed by atoms with van der Waals surface area (Å²) < 4.78 is 0. The molecule has 25 heavy (non-hydrogen) atoms. The second-order valence-corrected chi connectivity index (χ2v) is 7.42. The number of nitrogens with one attached hydrogen (secondary N) is 1. The van der Waals surface area contributed by atoms with Gasteiger partial charge in [0, 0.05) is 11.7 Å². The first-order valence-corrected chi connectivity index (χ1v) is 9.29. The Labute approximate surface area is 152 Å². The molecule has 0 heterocycles. The third-order valence-corrected chi connectivity index (χ3v) is 5.08. The number of rotatable bonds is 6. The normalized spacial score (nSPS) is 14.6. The molecule has 0 aromatic heterocycles. The summed E-state index contributed by atoms with van der Waals surface area (Å²) in [6, 6.07) is 15.7. The Morgan fingerprint density at radius 2 is 1.72 bits per heavy atom. The van der Waals surface area contributed by atoms with Gasteiger partial charge in [-0.3, -0.25) is 0 Å². The van der Waals surface area contributed by atoms with Crippen LogP contribution >= 0.6 is 0 Å². The van der Waals surface area contributed by atoms with E-state index in [-0.39, 0.29) is 0 Å². The maximum absolute atomic E-state index is 4.32. The van der Waals surface area contributed by atoms with E-state index in [1.54, 1.807) is 5.57 Å². The highest BCUT2D eigenvalue weighted by molar-refractivity contribution is 5.65. The summed E-state index contributed by atoms with van der Waals surface area (Å²) in [5, 5.41) is 3.68. The molecule has 1 unspecified atom stereocenters. The summed E-state index contributed by atoms with van der Waals surface area (Å²) in [5.41, 5.74) is 9.07. The lowest BCUT2D eigenvalue weighted by Gasteiger charge is -2.24. The average Bonchev–Trinajstić information content (AvgIpc) is 2.52. The van der Waals surface area contributed by atoms with Crippen molar-refractivity contribution in [3.63, 3.8) is 0 Å². The van der Waals surface area contributed by atoms with E-state index in [0.29, 0.717) is 6.04 Å². The fourth-order valence-corrected chi connectivity index (χ4v) is 3.42. The standard InChI is InChI=1S/C24H29N/c1-17-8-11-22(12-9-17)16-23(15-21-6-5-7-21)25-20(4)24-13-10-18(2)14-19(24)3/h8-15,23,25H,4-7,16H2,1-3H3. The molecule has 1 aliphatic rings. The summed E-state index contributed by atoms with van der Waals surface area (Å²) in [7, 11) is 0. The first kappa shape index (κ1) is 17.5. The molecule has 1 N–H and O–H groups in total. The van der Waals surface area contributed by atoms with E-state index in [9.17, 15) is 0 Å². The lowest BCUT2D eigenvalue weighted by atomic mass is 9.89. The van der Waals surface area contributed by atoms with Gasteiger partial charge < -0.3 is 5.32 Å². The first-order chi connectivity index (χ1) is 12.0. The summed E-state index contributed by atoms with van der Waals surface area (Å²) in [6.07, 6.45) is 7.26. The predicted octanol–water partition coefficient (Wildman–Crippen LogP) is 5.89. The van der Waals surface area contributed by atoms with Crippen molar-refractivity contribution in [3.05, 3.63) is 88.5 Å². The molecule has 0 amide bonds. The summed E-state index contributed by atoms with van der Waals surface area (Å²) >= 11 is 0. The lowest BCUT2D eigenvalue weighted by molar-refractivity contribution is 0.627. The molecule has 1 saturated carbocycles. The number of hydrogen-bond donors (Lipinski definition) is 1. The molecule has 2 aromatic rings. The van der Waals surface area contributed by atoms with Gasteiger partial charge >= 0.3 is 0 Å². The molecule has 1 heteroatoms. The second kappa shape index (κ2) is 7.74. The number of benzene rings is 2. The Morgan fingerprint density at radius 3 is 2.32 bits per heavy atom. The van der Waals surface area contributed by atoms with Crippen molar-refractivity contribution < 1.29 is 0 Å². The van der Waals surface area contributed by atoms with Crippen molar-refractivity contribution in [2.45, 2.75) is 52.5 Å². The monoisotopic (exact) mass is 331 g/mol. The minimum atomic E-state index is 0.297. The van der Waals surface area contributed by atoms with Crippen LogP contribution in [-0.4, -0.2) is 6.04 Å². The van der Waals surface area contributed by atoms with Crippen LogP contribution in [-0.2, 0) is 6.42 Å². The van der Waals surface area contributed by atoms with Crippen LogP contribution in [0.4, 0.5) is 0 Å². The van der Waals surface area contributed by atoms with Crippen LogP contribution in [0.3, 0.4) is 0 Å². The predicted molar refractivity (Wildman–Crippen MR) is 109 cm³/mol. The van der Waals surface area contributed by atoms with Gasteiger partial charge in [-0.2, -0.15) is 0 Å². The summed E-state index contributed by atoms with van der Waals surface area (Å²) in [4.78, 5) is 0. The maximum Gasteiger partial charge on any atom is 0.0487 e. The number of aryl methyl sites for hydroxylation is 3. The lowest BCUT2D eigenvalue weighted by Crippen LogP contribution is -2.29. The van der Waals surface area contributed by atoms with Crippen LogP contribution in [0.1, 0.15) is 47.1 Å². The van der Waals surface area contributed by atoms with Crippen LogP contribution in [0.2, 0.25) is 0 Å². The zero-order valence-electron chi connectivity index (χ0n) is 15.7. The smallest absolute Gasteiger partial charge is 0.0487 e. The van der Waals surface area contributed by atoms with Crippen LogP contribution in [0, 0.1) is 20.8 Å². The van der Waals surface area contributed by atoms with Crippen molar-refractivity contribution >= 4 is 5.70 Å². The van der Waals surface area contributed by atoms with Crippen LogP contribution in [0.15, 0.2) is 60.7 Å². The topological polar surface area (TPSA) is 12.0 Å². The minimum Gasteiger partial charge on any atom is -0.378 e. The van der Waals surface area contributed by atoms with E-state index in [4.69, 9.17) is 0 Å². The molecule has 0 bridgehead atoms. The average molecular weight is 332 g/mol. The summed E-state index contributed by atoms with van der Waals surface area (Å²) in [5.74, 6) is 0. The van der Waals surface area contributed by atoms with E-state index in [0.717, 1.165) is 12.1 Å². The van der Waals surface area contributed by atoms with Crippen molar-refractivity contribution in [2.24, 2.45) is 0 Å². The highest BCUT2D eigenvalue weighted by Crippen LogP contribution is 2.27. The molecular weight excluding hydrogens is 302 g/mol. The van der Waals surface area contributed by atoms with Gasteiger partial charge in [-0.1, -0.05) is 71.8 Å². The van der Waals surface area contributed by atoms with Gasteiger partial charge in [-0.15, -0.1) is 0 Å². The van der Waals surface area contributed by atoms with E-state index in [1.165, 1.54) is 47.1 Å². The quantitative estimate of drug-likeness (QED) is 0.650. The fraction of sp³-hybridized carbons (Fsp3) is 0.333. The van der Waals surface area contributed by atoms with E-state index >= 15 is 0 Å². The molecule has 1 fully saturated rings. The maximum atomic E-state index is 4.32. The van der Waals surface area contributed by atoms with Gasteiger partial charge in [0.25, 0.3) is 0 Å². The Balaban J connectivity index is 1.76. The van der Waals surface area contributed by atoms with Gasteiger partial charge in [0.15, 0.2) is 0 Å². The van der Waals surface area contributed by atoms with Gasteiger partial charge in [0.2, 0.25) is 0 Å². The molecular formula is C24H29N. The van der Waals surface area contributed by atoms with E-state index < -0.39 is 0 Å². The zero-order chi connectivity index (χ0) is 17.8. The highest BCUT2D eigenvalue weighted by Gasteiger charge is 2.15. The van der Waals surface area contributed by atoms with E-state index in [2.05, 4.69) is 81.2 Å². The molecule has 0 spiro atoms. The SMILES string of the molecule is C=C(NC(C=C1CCC1)Cc1ccc(C)cc1)c1ccc(C)cc1C. The Kier molecular flexibility index (Phi) is 5.43. The van der Waals surface area contributed by atoms with Crippen LogP contribution < -0.4 is 5.32 Å². The zero-order valence-corrected chi connectivity index (χ0v) is 15.7. The van der Waals surface area contributed by atoms with Gasteiger partial charge in [-0.25, -0.2) is 0 Å². The summed E-state index contributed by atoms with van der Waals surface area (Å²) in [6.45, 7) is 10.8. The molecule has 0 saturated heterocycles. The van der Waals surface area contributed by atoms with Crippen molar-refractivity contribution in [1.29, 1.82) is 0 Å². The highest BCUT2D eigenvalue weighted by atomic mass is 14.9. The third kappa shape index (κ3) is 4.63. The molecule has 0 aliphatic heterocycles. The van der Waals surface area contributed by atoms with Crippen LogP contribution in [0.25, 0.3) is 5.70 Å². The molecule has 0 radical (unpaired) electrons. The molecule has 1 aliphatic carbocycles. The van der Waals surface area contributed by atoms with Crippen molar-refractivity contribution in [2.75, 3.05) is 0 Å². The van der Waals surface area contributed by atoms with Crippen molar-refractivity contribution in [1.82, 2.24) is 5.32 Å². The Morgan fingerprint density at radius 1 is 1.04 bits per heavy atom. The van der Waals surface area contributed by atoms with Gasteiger partial charge in [0.05, 0.1) is 0 Å². The molecule has 2 aromatic carbocycles. The largest absolute Gasteiger partial charge is 0.378 e. The second-order valence-electron chi connectivity index (χ2n) is 7.42. The number of allylic oxidation sites excluding steroid dienone is 1. The molecule has 3 rings (SSSR count).